The predicted octanol–water partition coefficient (Wildman–Crippen LogP) is 2.24. The van der Waals surface area contributed by atoms with Crippen LogP contribution in [-0.4, -0.2) is 28.4 Å². The van der Waals surface area contributed by atoms with Crippen molar-refractivity contribution in [2.75, 3.05) is 23.9 Å². The number of carbonyl (C=O) groups is 1. The minimum Gasteiger partial charge on any atom is -0.396 e. The van der Waals surface area contributed by atoms with Crippen LogP contribution in [0.15, 0.2) is 12.1 Å². The molecule has 0 radical (unpaired) electrons. The summed E-state index contributed by atoms with van der Waals surface area (Å²) < 4.78 is 0.245. The van der Waals surface area contributed by atoms with Crippen molar-refractivity contribution in [2.24, 2.45) is 5.73 Å². The molecule has 1 aliphatic carbocycles. The lowest BCUT2D eigenvalue weighted by Crippen LogP contribution is -2.36. The second-order valence-electron chi connectivity index (χ2n) is 5.30. The zero-order chi connectivity index (χ0) is 14.6. The Bertz CT molecular complexity index is 486. The number of amides is 1. The van der Waals surface area contributed by atoms with Gasteiger partial charge in [-0.25, -0.2) is 4.98 Å². The van der Waals surface area contributed by atoms with Gasteiger partial charge in [-0.15, -0.1) is 0 Å². The maximum absolute atomic E-state index is 11.2. The van der Waals surface area contributed by atoms with Gasteiger partial charge < -0.3 is 16.8 Å². The van der Waals surface area contributed by atoms with Crippen LogP contribution in [0.3, 0.4) is 0 Å². The highest BCUT2D eigenvalue weighted by Crippen LogP contribution is 2.38. The number of carbonyl (C=O) groups excluding carboxylic acids is 1. The summed E-state index contributed by atoms with van der Waals surface area (Å²) in [6.07, 6.45) is 8.43. The molecule has 0 bridgehead atoms. The fraction of sp³-hybridized carbons (Fsp3) is 0.571. The summed E-state index contributed by atoms with van der Waals surface area (Å²) in [4.78, 5) is 15.4. The standard InChI is InChI=1S/C14H22N4OS/c1-20-14(7-3-2-4-8-14)9-17-13-10(15)5-6-11(18-13)12(16)19/h5-6H,2-4,7-9,15H2,1H3,(H2,16,19)(H,17,18). The largest absolute Gasteiger partial charge is 0.396 e. The molecule has 1 amide bonds. The van der Waals surface area contributed by atoms with Gasteiger partial charge >= 0.3 is 0 Å². The molecule has 1 saturated carbocycles. The van der Waals surface area contributed by atoms with Gasteiger partial charge in [0.2, 0.25) is 0 Å². The Kier molecular flexibility index (Phi) is 4.75. The quantitative estimate of drug-likeness (QED) is 0.774. The van der Waals surface area contributed by atoms with Gasteiger partial charge in [-0.1, -0.05) is 19.3 Å². The molecule has 0 aliphatic heterocycles. The molecular formula is C14H22N4OS. The molecule has 5 N–H and O–H groups in total. The van der Waals surface area contributed by atoms with Crippen LogP contribution in [0.5, 0.6) is 0 Å². The van der Waals surface area contributed by atoms with Gasteiger partial charge in [-0.3, -0.25) is 4.79 Å². The third-order valence-electron chi connectivity index (χ3n) is 3.95. The van der Waals surface area contributed by atoms with Crippen molar-refractivity contribution in [3.05, 3.63) is 17.8 Å². The fourth-order valence-electron chi connectivity index (χ4n) is 2.64. The van der Waals surface area contributed by atoms with Gasteiger partial charge in [0.05, 0.1) is 5.69 Å². The molecule has 5 nitrogen and oxygen atoms in total. The van der Waals surface area contributed by atoms with Crippen LogP contribution in [-0.2, 0) is 0 Å². The van der Waals surface area contributed by atoms with E-state index in [1.165, 1.54) is 32.1 Å². The van der Waals surface area contributed by atoms with Crippen LogP contribution in [0, 0.1) is 0 Å². The average molecular weight is 294 g/mol. The maximum Gasteiger partial charge on any atom is 0.267 e. The van der Waals surface area contributed by atoms with Crippen molar-refractivity contribution in [1.82, 2.24) is 4.98 Å². The van der Waals surface area contributed by atoms with Gasteiger partial charge in [0.1, 0.15) is 11.5 Å². The molecule has 0 atom stereocenters. The Morgan fingerprint density at radius 2 is 2.10 bits per heavy atom. The molecule has 6 heteroatoms. The summed E-state index contributed by atoms with van der Waals surface area (Å²) in [5.74, 6) is 0.0191. The molecule has 20 heavy (non-hydrogen) atoms. The number of hydrogen-bond donors (Lipinski definition) is 3. The molecule has 0 unspecified atom stereocenters. The molecule has 2 rings (SSSR count). The van der Waals surface area contributed by atoms with E-state index in [0.717, 1.165) is 6.54 Å². The molecule has 1 aliphatic rings. The Balaban J connectivity index is 2.09. The fourth-order valence-corrected chi connectivity index (χ4v) is 3.56. The highest BCUT2D eigenvalue weighted by Gasteiger charge is 2.31. The maximum atomic E-state index is 11.2. The molecule has 1 aromatic heterocycles. The van der Waals surface area contributed by atoms with Crippen LogP contribution < -0.4 is 16.8 Å². The summed E-state index contributed by atoms with van der Waals surface area (Å²) in [7, 11) is 0. The van der Waals surface area contributed by atoms with Crippen molar-refractivity contribution in [3.63, 3.8) is 0 Å². The van der Waals surface area contributed by atoms with E-state index >= 15 is 0 Å². The highest BCUT2D eigenvalue weighted by atomic mass is 32.2. The number of nitrogens with zero attached hydrogens (tertiary/aromatic N) is 1. The van der Waals surface area contributed by atoms with E-state index in [-0.39, 0.29) is 10.4 Å². The van der Waals surface area contributed by atoms with Crippen molar-refractivity contribution >= 4 is 29.2 Å². The number of nitrogen functional groups attached to an aromatic ring is 1. The lowest BCUT2D eigenvalue weighted by atomic mass is 9.88. The summed E-state index contributed by atoms with van der Waals surface area (Å²) in [5.41, 5.74) is 11.9. The van der Waals surface area contributed by atoms with Crippen molar-refractivity contribution in [1.29, 1.82) is 0 Å². The predicted molar refractivity (Wildman–Crippen MR) is 85.0 cm³/mol. The summed E-state index contributed by atoms with van der Waals surface area (Å²) >= 11 is 1.91. The van der Waals surface area contributed by atoms with Crippen LogP contribution in [0.25, 0.3) is 0 Å². The Hall–Kier alpha value is -1.43. The topological polar surface area (TPSA) is 94.0 Å². The molecule has 110 valence electrons. The number of rotatable bonds is 5. The molecular weight excluding hydrogens is 272 g/mol. The summed E-state index contributed by atoms with van der Waals surface area (Å²) in [6.45, 7) is 0.813. The van der Waals surface area contributed by atoms with E-state index in [9.17, 15) is 4.79 Å². The lowest BCUT2D eigenvalue weighted by Gasteiger charge is -2.36. The second kappa shape index (κ2) is 6.35. The lowest BCUT2D eigenvalue weighted by molar-refractivity contribution is 0.0996. The minimum atomic E-state index is -0.537. The highest BCUT2D eigenvalue weighted by molar-refractivity contribution is 8.00. The van der Waals surface area contributed by atoms with Crippen LogP contribution in [0.2, 0.25) is 0 Å². The number of nitrogens with two attached hydrogens (primary N) is 2. The third-order valence-corrected chi connectivity index (χ3v) is 5.37. The Morgan fingerprint density at radius 3 is 2.70 bits per heavy atom. The van der Waals surface area contributed by atoms with Gasteiger partial charge in [0, 0.05) is 11.3 Å². The van der Waals surface area contributed by atoms with E-state index in [1.54, 1.807) is 12.1 Å². The SMILES string of the molecule is CSC1(CNc2nc(C(N)=O)ccc2N)CCCCC1. The molecule has 1 heterocycles. The van der Waals surface area contributed by atoms with Gasteiger partial charge in [0.15, 0.2) is 0 Å². The summed E-state index contributed by atoms with van der Waals surface area (Å²) in [6, 6.07) is 3.22. The number of primary amides is 1. The molecule has 0 aromatic carbocycles. The smallest absolute Gasteiger partial charge is 0.267 e. The van der Waals surface area contributed by atoms with Crippen molar-refractivity contribution in [3.8, 4) is 0 Å². The first-order chi connectivity index (χ1) is 9.56. The minimum absolute atomic E-state index is 0.239. The van der Waals surface area contributed by atoms with Gasteiger partial charge in [0.25, 0.3) is 5.91 Å². The van der Waals surface area contributed by atoms with Crippen LogP contribution in [0.4, 0.5) is 11.5 Å². The first kappa shape index (κ1) is 15.0. The number of thioether (sulfide) groups is 1. The normalized spacial score (nSPS) is 17.6. The Labute approximate surface area is 123 Å². The number of anilines is 2. The van der Waals surface area contributed by atoms with E-state index in [1.807, 2.05) is 11.8 Å². The molecule has 1 fully saturated rings. The van der Waals surface area contributed by atoms with E-state index < -0.39 is 5.91 Å². The van der Waals surface area contributed by atoms with Gasteiger partial charge in [-0.2, -0.15) is 11.8 Å². The van der Waals surface area contributed by atoms with E-state index in [2.05, 4.69) is 16.6 Å². The van der Waals surface area contributed by atoms with Crippen molar-refractivity contribution in [2.45, 2.75) is 36.9 Å². The number of hydrogen-bond acceptors (Lipinski definition) is 5. The average Bonchev–Trinajstić information content (AvgIpc) is 2.47. The van der Waals surface area contributed by atoms with Crippen LogP contribution >= 0.6 is 11.8 Å². The van der Waals surface area contributed by atoms with E-state index in [4.69, 9.17) is 11.5 Å². The number of aromatic nitrogens is 1. The zero-order valence-corrected chi connectivity index (χ0v) is 12.6. The molecule has 1 aromatic rings. The van der Waals surface area contributed by atoms with Crippen molar-refractivity contribution < 1.29 is 4.79 Å². The monoisotopic (exact) mass is 294 g/mol. The molecule has 0 spiro atoms. The number of nitrogens with one attached hydrogen (secondary N) is 1. The van der Waals surface area contributed by atoms with Gasteiger partial charge in [-0.05, 0) is 31.2 Å². The third kappa shape index (κ3) is 3.36. The van der Waals surface area contributed by atoms with Crippen LogP contribution in [0.1, 0.15) is 42.6 Å². The first-order valence-corrected chi connectivity index (χ1v) is 8.14. The first-order valence-electron chi connectivity index (χ1n) is 6.92. The molecule has 0 saturated heterocycles. The summed E-state index contributed by atoms with van der Waals surface area (Å²) in [5, 5.41) is 3.30. The van der Waals surface area contributed by atoms with E-state index in [0.29, 0.717) is 11.5 Å². The second-order valence-corrected chi connectivity index (χ2v) is 6.57. The Morgan fingerprint density at radius 1 is 1.40 bits per heavy atom. The number of pyridine rings is 1. The zero-order valence-electron chi connectivity index (χ0n) is 11.8.